The Morgan fingerprint density at radius 2 is 2.14 bits per heavy atom. The topological polar surface area (TPSA) is 64.0 Å². The number of hydrogen-bond donors (Lipinski definition) is 1. The van der Waals surface area contributed by atoms with E-state index in [-0.39, 0.29) is 29.8 Å². The number of nitrogens with zero attached hydrogens (tertiary/aromatic N) is 2. The van der Waals surface area contributed by atoms with Gasteiger partial charge in [-0.05, 0) is 25.5 Å². The molecule has 1 N–H and O–H groups in total. The molecule has 0 aliphatic carbocycles. The molecular weight excluding hydrogens is 285 g/mol. The van der Waals surface area contributed by atoms with Crippen LogP contribution in [0.1, 0.15) is 20.3 Å². The molecule has 0 radical (unpaired) electrons. The number of aromatic nitrogens is 2. The van der Waals surface area contributed by atoms with Crippen molar-refractivity contribution in [1.29, 1.82) is 0 Å². The number of rotatable bonds is 5. The summed E-state index contributed by atoms with van der Waals surface area (Å²) in [7, 11) is 0. The van der Waals surface area contributed by atoms with Crippen LogP contribution in [0.25, 0.3) is 11.3 Å². The lowest BCUT2D eigenvalue weighted by Gasteiger charge is -2.12. The van der Waals surface area contributed by atoms with Crippen LogP contribution in [-0.2, 0) is 11.3 Å². The minimum absolute atomic E-state index is 0.0499. The van der Waals surface area contributed by atoms with Crippen molar-refractivity contribution in [1.82, 2.24) is 14.9 Å². The molecular formula is C16H18FN3O2. The van der Waals surface area contributed by atoms with Crippen LogP contribution >= 0.6 is 0 Å². The Kier molecular flexibility index (Phi) is 5.04. The van der Waals surface area contributed by atoms with E-state index in [0.29, 0.717) is 0 Å². The SMILES string of the molecule is CCC(C)NC(=O)Cn1cnc(-c2ccccc2F)cc1=O. The summed E-state index contributed by atoms with van der Waals surface area (Å²) < 4.78 is 14.9. The van der Waals surface area contributed by atoms with Gasteiger partial charge in [-0.2, -0.15) is 0 Å². The molecule has 6 heteroatoms. The van der Waals surface area contributed by atoms with Crippen molar-refractivity contribution in [2.75, 3.05) is 0 Å². The predicted molar refractivity (Wildman–Crippen MR) is 81.8 cm³/mol. The minimum Gasteiger partial charge on any atom is -0.352 e. The molecule has 1 atom stereocenters. The maximum atomic E-state index is 13.7. The Bertz CT molecular complexity index is 727. The molecule has 1 amide bonds. The maximum absolute atomic E-state index is 13.7. The van der Waals surface area contributed by atoms with E-state index in [1.807, 2.05) is 13.8 Å². The molecule has 2 rings (SSSR count). The van der Waals surface area contributed by atoms with Gasteiger partial charge >= 0.3 is 0 Å². The van der Waals surface area contributed by atoms with Gasteiger partial charge in [-0.1, -0.05) is 19.1 Å². The van der Waals surface area contributed by atoms with Gasteiger partial charge in [-0.25, -0.2) is 9.37 Å². The Morgan fingerprint density at radius 1 is 1.41 bits per heavy atom. The quantitative estimate of drug-likeness (QED) is 0.918. The van der Waals surface area contributed by atoms with Crippen LogP contribution in [0.2, 0.25) is 0 Å². The fraction of sp³-hybridized carbons (Fsp3) is 0.312. The average Bonchev–Trinajstić information content (AvgIpc) is 2.49. The van der Waals surface area contributed by atoms with Gasteiger partial charge < -0.3 is 5.32 Å². The second-order valence-corrected chi connectivity index (χ2v) is 5.10. The van der Waals surface area contributed by atoms with Crippen LogP contribution in [-0.4, -0.2) is 21.5 Å². The third-order valence-corrected chi connectivity index (χ3v) is 3.36. The molecule has 1 unspecified atom stereocenters. The molecule has 0 aliphatic heterocycles. The first kappa shape index (κ1) is 15.9. The van der Waals surface area contributed by atoms with E-state index in [1.54, 1.807) is 18.2 Å². The van der Waals surface area contributed by atoms with Crippen molar-refractivity contribution in [3.05, 3.63) is 52.8 Å². The fourth-order valence-electron chi connectivity index (χ4n) is 1.94. The van der Waals surface area contributed by atoms with Crippen LogP contribution in [0.5, 0.6) is 0 Å². The lowest BCUT2D eigenvalue weighted by Crippen LogP contribution is -2.37. The fourth-order valence-corrected chi connectivity index (χ4v) is 1.94. The molecule has 1 aromatic carbocycles. The van der Waals surface area contributed by atoms with E-state index < -0.39 is 11.4 Å². The van der Waals surface area contributed by atoms with Gasteiger partial charge in [-0.3, -0.25) is 14.2 Å². The van der Waals surface area contributed by atoms with Crippen molar-refractivity contribution < 1.29 is 9.18 Å². The monoisotopic (exact) mass is 303 g/mol. The molecule has 0 aliphatic rings. The van der Waals surface area contributed by atoms with Crippen LogP contribution in [0.3, 0.4) is 0 Å². The van der Waals surface area contributed by atoms with E-state index in [9.17, 15) is 14.0 Å². The van der Waals surface area contributed by atoms with Crippen LogP contribution in [0.15, 0.2) is 41.5 Å². The standard InChI is InChI=1S/C16H18FN3O2/c1-3-11(2)19-15(21)9-20-10-18-14(8-16(20)22)12-6-4-5-7-13(12)17/h4-8,10-11H,3,9H2,1-2H3,(H,19,21). The van der Waals surface area contributed by atoms with Crippen LogP contribution in [0, 0.1) is 5.82 Å². The molecule has 22 heavy (non-hydrogen) atoms. The normalized spacial score (nSPS) is 12.0. The highest BCUT2D eigenvalue weighted by atomic mass is 19.1. The van der Waals surface area contributed by atoms with Crippen LogP contribution < -0.4 is 10.9 Å². The summed E-state index contributed by atoms with van der Waals surface area (Å²) >= 11 is 0. The number of nitrogens with one attached hydrogen (secondary N) is 1. The summed E-state index contributed by atoms with van der Waals surface area (Å²) in [5.41, 5.74) is 0.116. The minimum atomic E-state index is -0.443. The molecule has 0 saturated heterocycles. The van der Waals surface area contributed by atoms with Crippen molar-refractivity contribution in [2.45, 2.75) is 32.9 Å². The smallest absolute Gasteiger partial charge is 0.254 e. The highest BCUT2D eigenvalue weighted by Gasteiger charge is 2.10. The largest absolute Gasteiger partial charge is 0.352 e. The van der Waals surface area contributed by atoms with E-state index in [2.05, 4.69) is 10.3 Å². The van der Waals surface area contributed by atoms with Crippen LogP contribution in [0.4, 0.5) is 4.39 Å². The second-order valence-electron chi connectivity index (χ2n) is 5.10. The van der Waals surface area contributed by atoms with Crippen molar-refractivity contribution >= 4 is 5.91 Å². The number of halogens is 1. The van der Waals surface area contributed by atoms with Gasteiger partial charge in [0.05, 0.1) is 12.0 Å². The van der Waals surface area contributed by atoms with Crippen molar-refractivity contribution in [2.24, 2.45) is 0 Å². The highest BCUT2D eigenvalue weighted by molar-refractivity contribution is 5.76. The van der Waals surface area contributed by atoms with Crippen molar-refractivity contribution in [3.63, 3.8) is 0 Å². The predicted octanol–water partition coefficient (Wildman–Crippen LogP) is 1.96. The zero-order chi connectivity index (χ0) is 16.1. The van der Waals surface area contributed by atoms with E-state index in [4.69, 9.17) is 0 Å². The van der Waals surface area contributed by atoms with Gasteiger partial charge in [0.25, 0.3) is 5.56 Å². The average molecular weight is 303 g/mol. The first-order valence-corrected chi connectivity index (χ1v) is 7.12. The molecule has 0 spiro atoms. The highest BCUT2D eigenvalue weighted by Crippen LogP contribution is 2.18. The number of benzene rings is 1. The first-order valence-electron chi connectivity index (χ1n) is 7.12. The third kappa shape index (κ3) is 3.78. The Hall–Kier alpha value is -2.50. The Balaban J connectivity index is 2.19. The first-order chi connectivity index (χ1) is 10.5. The van der Waals surface area contributed by atoms with Gasteiger partial charge in [0.1, 0.15) is 12.4 Å². The van der Waals surface area contributed by atoms with E-state index in [1.165, 1.54) is 23.0 Å². The number of carbonyl (C=O) groups excluding carboxylic acids is 1. The number of amides is 1. The summed E-state index contributed by atoms with van der Waals surface area (Å²) in [6, 6.07) is 7.38. The Labute approximate surface area is 127 Å². The lowest BCUT2D eigenvalue weighted by atomic mass is 10.1. The van der Waals surface area contributed by atoms with Gasteiger partial charge in [-0.15, -0.1) is 0 Å². The maximum Gasteiger partial charge on any atom is 0.254 e. The Morgan fingerprint density at radius 3 is 2.77 bits per heavy atom. The molecule has 0 bridgehead atoms. The summed E-state index contributed by atoms with van der Waals surface area (Å²) in [5.74, 6) is -0.696. The van der Waals surface area contributed by atoms with E-state index >= 15 is 0 Å². The molecule has 0 fully saturated rings. The van der Waals surface area contributed by atoms with Gasteiger partial charge in [0.2, 0.25) is 5.91 Å². The third-order valence-electron chi connectivity index (χ3n) is 3.36. The molecule has 1 heterocycles. The molecule has 116 valence electrons. The number of carbonyl (C=O) groups is 1. The summed E-state index contributed by atoms with van der Waals surface area (Å²) in [6.07, 6.45) is 2.07. The van der Waals surface area contributed by atoms with Crippen molar-refractivity contribution in [3.8, 4) is 11.3 Å². The molecule has 2 aromatic rings. The van der Waals surface area contributed by atoms with Gasteiger partial charge in [0, 0.05) is 17.7 Å². The second kappa shape index (κ2) is 6.98. The zero-order valence-electron chi connectivity index (χ0n) is 12.5. The van der Waals surface area contributed by atoms with E-state index in [0.717, 1.165) is 6.42 Å². The zero-order valence-corrected chi connectivity index (χ0v) is 12.5. The molecule has 0 saturated carbocycles. The lowest BCUT2D eigenvalue weighted by molar-refractivity contribution is -0.122. The number of hydrogen-bond acceptors (Lipinski definition) is 3. The summed E-state index contributed by atoms with van der Waals surface area (Å²) in [6.45, 7) is 3.75. The summed E-state index contributed by atoms with van der Waals surface area (Å²) in [5, 5.41) is 2.77. The van der Waals surface area contributed by atoms with Gasteiger partial charge in [0.15, 0.2) is 0 Å². The molecule has 5 nitrogen and oxygen atoms in total. The summed E-state index contributed by atoms with van der Waals surface area (Å²) in [4.78, 5) is 27.9. The molecule has 1 aromatic heterocycles.